The van der Waals surface area contributed by atoms with Gasteiger partial charge in [-0.3, -0.25) is 0 Å². The maximum absolute atomic E-state index is 12.8. The van der Waals surface area contributed by atoms with Crippen LogP contribution in [0.3, 0.4) is 0 Å². The number of anilines is 1. The van der Waals surface area contributed by atoms with Crippen LogP contribution in [0.2, 0.25) is 0 Å². The molecule has 5 heteroatoms. The fourth-order valence-electron chi connectivity index (χ4n) is 3.74. The zero-order valence-electron chi connectivity index (χ0n) is 15.2. The van der Waals surface area contributed by atoms with Gasteiger partial charge in [-0.1, -0.05) is 30.9 Å². The Morgan fingerprint density at radius 3 is 2.73 bits per heavy atom. The molecule has 0 spiro atoms. The Hall–Kier alpha value is -2.27. The summed E-state index contributed by atoms with van der Waals surface area (Å²) in [6, 6.07) is 4.83. The molecule has 26 heavy (non-hydrogen) atoms. The van der Waals surface area contributed by atoms with E-state index >= 15 is 0 Å². The van der Waals surface area contributed by atoms with Gasteiger partial charge in [0.05, 0.1) is 0 Å². The average molecular weight is 356 g/mol. The van der Waals surface area contributed by atoms with E-state index in [1.165, 1.54) is 5.56 Å². The Morgan fingerprint density at radius 2 is 2.12 bits per heavy atom. The number of rotatable bonds is 5. The molecule has 1 fully saturated rings. The van der Waals surface area contributed by atoms with Gasteiger partial charge in [0.1, 0.15) is 6.67 Å². The van der Waals surface area contributed by atoms with Gasteiger partial charge in [0.2, 0.25) is 0 Å². The van der Waals surface area contributed by atoms with Gasteiger partial charge in [0, 0.05) is 41.3 Å². The van der Waals surface area contributed by atoms with Crippen molar-refractivity contribution in [3.63, 3.8) is 0 Å². The van der Waals surface area contributed by atoms with E-state index in [1.807, 2.05) is 12.2 Å². The number of benzene rings is 1. The second-order valence-corrected chi connectivity index (χ2v) is 6.99. The molecular weight excluding hydrogens is 327 g/mol. The molecule has 0 radical (unpaired) electrons. The van der Waals surface area contributed by atoms with Crippen LogP contribution in [0.1, 0.15) is 30.7 Å². The Labute approximate surface area is 154 Å². The number of hydrogen-bond acceptors (Lipinski definition) is 4. The maximum Gasteiger partial charge on any atom is 0.129 e. The zero-order valence-corrected chi connectivity index (χ0v) is 15.2. The lowest BCUT2D eigenvalue weighted by Crippen LogP contribution is -2.39. The molecule has 0 bridgehead atoms. The summed E-state index contributed by atoms with van der Waals surface area (Å²) in [5.74, 6) is 0.322. The number of nitrogens with two attached hydrogens (primary N) is 1. The van der Waals surface area contributed by atoms with Crippen molar-refractivity contribution in [2.75, 3.05) is 31.6 Å². The third-order valence-electron chi connectivity index (χ3n) is 5.24. The maximum atomic E-state index is 12.8. The summed E-state index contributed by atoms with van der Waals surface area (Å²) < 4.78 is 12.8. The molecule has 1 aromatic rings. The molecule has 4 nitrogen and oxygen atoms in total. The normalized spacial score (nSPS) is 22.7. The topological polar surface area (TPSA) is 62.1 Å². The molecule has 140 valence electrons. The molecule has 2 heterocycles. The Balaban J connectivity index is 1.96. The molecule has 1 unspecified atom stereocenters. The summed E-state index contributed by atoms with van der Waals surface area (Å²) in [5.41, 5.74) is 8.96. The van der Waals surface area contributed by atoms with Crippen LogP contribution < -0.4 is 32.1 Å². The van der Waals surface area contributed by atoms with E-state index in [4.69, 9.17) is 5.73 Å². The van der Waals surface area contributed by atoms with Crippen LogP contribution in [0.15, 0.2) is 36.6 Å². The van der Waals surface area contributed by atoms with Gasteiger partial charge in [0.15, 0.2) is 0 Å². The summed E-state index contributed by atoms with van der Waals surface area (Å²) in [4.78, 5) is 0. The molecule has 5 N–H and O–H groups in total. The van der Waals surface area contributed by atoms with Crippen LogP contribution in [0.5, 0.6) is 0 Å². The molecular formula is C21H29FN4. The van der Waals surface area contributed by atoms with Crippen LogP contribution in [0.4, 0.5) is 10.1 Å². The first kappa shape index (κ1) is 18.5. The van der Waals surface area contributed by atoms with Crippen molar-refractivity contribution >= 4 is 18.0 Å². The van der Waals surface area contributed by atoms with Gasteiger partial charge < -0.3 is 21.7 Å². The fraction of sp³-hybridized carbons (Fsp3) is 0.429. The number of halogens is 1. The van der Waals surface area contributed by atoms with Crippen molar-refractivity contribution < 1.29 is 4.39 Å². The number of hydrogen-bond donors (Lipinski definition) is 4. The molecule has 1 saturated heterocycles. The van der Waals surface area contributed by atoms with Gasteiger partial charge in [-0.2, -0.15) is 0 Å². The van der Waals surface area contributed by atoms with Crippen molar-refractivity contribution in [1.29, 1.82) is 0 Å². The van der Waals surface area contributed by atoms with Crippen LogP contribution in [-0.2, 0) is 0 Å². The lowest BCUT2D eigenvalue weighted by atomic mass is 9.91. The summed E-state index contributed by atoms with van der Waals surface area (Å²) in [6.07, 6.45) is 10.5. The minimum atomic E-state index is -0.425. The molecule has 2 aliphatic heterocycles. The van der Waals surface area contributed by atoms with Crippen LogP contribution in [0.25, 0.3) is 12.3 Å². The highest BCUT2D eigenvalue weighted by Crippen LogP contribution is 2.24. The lowest BCUT2D eigenvalue weighted by Gasteiger charge is -2.27. The van der Waals surface area contributed by atoms with Crippen LogP contribution in [0, 0.1) is 0 Å². The molecule has 0 saturated carbocycles. The monoisotopic (exact) mass is 356 g/mol. The van der Waals surface area contributed by atoms with Gasteiger partial charge in [0.25, 0.3) is 0 Å². The summed E-state index contributed by atoms with van der Waals surface area (Å²) >= 11 is 0. The average Bonchev–Trinajstić information content (AvgIpc) is 2.69. The Kier molecular flexibility index (Phi) is 6.34. The second kappa shape index (κ2) is 8.90. The first-order valence-corrected chi connectivity index (χ1v) is 9.40. The fourth-order valence-corrected chi connectivity index (χ4v) is 3.74. The van der Waals surface area contributed by atoms with Crippen molar-refractivity contribution in [1.82, 2.24) is 10.6 Å². The van der Waals surface area contributed by atoms with E-state index in [-0.39, 0.29) is 0 Å². The first-order chi connectivity index (χ1) is 12.7. The van der Waals surface area contributed by atoms with Gasteiger partial charge in [-0.25, -0.2) is 4.39 Å². The predicted molar refractivity (Wildman–Crippen MR) is 108 cm³/mol. The number of piperidine rings is 1. The summed E-state index contributed by atoms with van der Waals surface area (Å²) in [5, 5.41) is 12.4. The highest BCUT2D eigenvalue weighted by molar-refractivity contribution is 5.55. The van der Waals surface area contributed by atoms with Crippen LogP contribution in [-0.4, -0.2) is 32.4 Å². The number of allylic oxidation sites excluding steroid dienone is 3. The molecule has 0 amide bonds. The first-order valence-electron chi connectivity index (χ1n) is 9.40. The number of alkyl halides is 1. The third kappa shape index (κ3) is 4.28. The Morgan fingerprint density at radius 1 is 1.31 bits per heavy atom. The summed E-state index contributed by atoms with van der Waals surface area (Å²) in [6.45, 7) is 6.24. The molecule has 1 atom stereocenters. The van der Waals surface area contributed by atoms with Gasteiger partial charge in [-0.05, 0) is 49.2 Å². The van der Waals surface area contributed by atoms with Crippen molar-refractivity contribution in [3.05, 3.63) is 52.6 Å². The SMILES string of the molecule is C=C/C=c1/cc(C2CC=C(CF)NC2)cc(NC2CCNCC2)/c1=C/N. The summed E-state index contributed by atoms with van der Waals surface area (Å²) in [7, 11) is 0. The minimum absolute atomic E-state index is 0.322. The Bertz CT molecular complexity index is 778. The van der Waals surface area contributed by atoms with E-state index in [0.717, 1.165) is 55.0 Å². The second-order valence-electron chi connectivity index (χ2n) is 6.99. The highest BCUT2D eigenvalue weighted by atomic mass is 19.1. The van der Waals surface area contributed by atoms with E-state index in [2.05, 4.69) is 34.7 Å². The molecule has 0 aromatic heterocycles. The van der Waals surface area contributed by atoms with E-state index in [0.29, 0.717) is 17.7 Å². The largest absolute Gasteiger partial charge is 0.404 e. The number of nitrogens with one attached hydrogen (secondary N) is 3. The van der Waals surface area contributed by atoms with Gasteiger partial charge >= 0.3 is 0 Å². The van der Waals surface area contributed by atoms with Gasteiger partial charge in [-0.15, -0.1) is 0 Å². The van der Waals surface area contributed by atoms with Crippen molar-refractivity contribution in [2.45, 2.75) is 31.2 Å². The quantitative estimate of drug-likeness (QED) is 0.645. The molecule has 0 aliphatic carbocycles. The molecule has 1 aromatic carbocycles. The third-order valence-corrected chi connectivity index (χ3v) is 5.24. The van der Waals surface area contributed by atoms with Crippen LogP contribution >= 0.6 is 0 Å². The van der Waals surface area contributed by atoms with E-state index in [1.54, 1.807) is 12.3 Å². The smallest absolute Gasteiger partial charge is 0.129 e. The van der Waals surface area contributed by atoms with E-state index in [9.17, 15) is 4.39 Å². The standard InChI is InChI=1S/C21H29FN4/c1-2-3-15-10-17(16-4-5-19(12-22)25-14-16)11-21(20(15)13-23)26-18-6-8-24-9-7-18/h2-3,5,10-11,13,16,18,24-26H,1,4,6-9,12,14,23H2/b15-3-,20-13+. The van der Waals surface area contributed by atoms with Crippen molar-refractivity contribution in [2.24, 2.45) is 5.73 Å². The van der Waals surface area contributed by atoms with E-state index < -0.39 is 6.67 Å². The predicted octanol–water partition coefficient (Wildman–Crippen LogP) is 1.44. The zero-order chi connectivity index (χ0) is 18.4. The molecule has 2 aliphatic rings. The highest BCUT2D eigenvalue weighted by Gasteiger charge is 2.18. The molecule has 3 rings (SSSR count). The van der Waals surface area contributed by atoms with Crippen molar-refractivity contribution in [3.8, 4) is 0 Å². The minimum Gasteiger partial charge on any atom is -0.404 e. The lowest BCUT2D eigenvalue weighted by molar-refractivity contribution is 0.478.